The van der Waals surface area contributed by atoms with Crippen molar-refractivity contribution in [3.8, 4) is 5.88 Å². The van der Waals surface area contributed by atoms with Crippen molar-refractivity contribution in [1.82, 2.24) is 15.0 Å². The second-order valence-electron chi connectivity index (χ2n) is 5.47. The Morgan fingerprint density at radius 2 is 2.20 bits per heavy atom. The summed E-state index contributed by atoms with van der Waals surface area (Å²) in [6.07, 6.45) is 1.54. The lowest BCUT2D eigenvalue weighted by molar-refractivity contribution is -0.142. The van der Waals surface area contributed by atoms with Crippen LogP contribution in [0.4, 0.5) is 0 Å². The number of carboxylic acids is 1. The second-order valence-corrected chi connectivity index (χ2v) is 5.47. The molecule has 6 heteroatoms. The number of rotatable bonds is 3. The topological polar surface area (TPSA) is 88.1 Å². The Bertz CT molecular complexity index is 652. The number of fused-ring (bicyclic) bond motifs is 1. The second kappa shape index (κ2) is 4.77. The number of ether oxygens (including phenoxy) is 1. The van der Waals surface area contributed by atoms with Gasteiger partial charge in [0, 0.05) is 12.0 Å². The van der Waals surface area contributed by atoms with Crippen molar-refractivity contribution in [2.45, 2.75) is 25.7 Å². The lowest BCUT2D eigenvalue weighted by Crippen LogP contribution is -2.17. The molecule has 0 radical (unpaired) electrons. The van der Waals surface area contributed by atoms with Crippen molar-refractivity contribution in [3.63, 3.8) is 0 Å². The van der Waals surface area contributed by atoms with E-state index in [-0.39, 0.29) is 11.8 Å². The number of carbonyl (C=O) groups is 1. The van der Waals surface area contributed by atoms with Crippen LogP contribution in [0.3, 0.4) is 0 Å². The number of nitrogens with one attached hydrogen (secondary N) is 1. The molecule has 3 unspecified atom stereocenters. The van der Waals surface area contributed by atoms with Crippen LogP contribution in [0.1, 0.15) is 31.5 Å². The summed E-state index contributed by atoms with van der Waals surface area (Å²) < 4.78 is 5.07. The van der Waals surface area contributed by atoms with Crippen molar-refractivity contribution >= 4 is 17.1 Å². The highest BCUT2D eigenvalue weighted by Gasteiger charge is 2.39. The molecule has 1 fully saturated rings. The molecule has 0 bridgehead atoms. The molecule has 6 nitrogen and oxygen atoms in total. The van der Waals surface area contributed by atoms with Crippen LogP contribution in [0, 0.1) is 11.8 Å². The fourth-order valence-corrected chi connectivity index (χ4v) is 3.05. The summed E-state index contributed by atoms with van der Waals surface area (Å²) in [6.45, 7) is 2.08. The van der Waals surface area contributed by atoms with Crippen LogP contribution in [-0.4, -0.2) is 33.1 Å². The van der Waals surface area contributed by atoms with E-state index in [0.29, 0.717) is 23.9 Å². The SMILES string of the molecule is COc1ccc2[nH]c(C3CC(C)CC3C(=O)O)nc2n1. The van der Waals surface area contributed by atoms with Crippen LogP contribution in [0.5, 0.6) is 5.88 Å². The van der Waals surface area contributed by atoms with E-state index in [1.165, 1.54) is 0 Å². The summed E-state index contributed by atoms with van der Waals surface area (Å²) in [6, 6.07) is 3.61. The van der Waals surface area contributed by atoms with E-state index < -0.39 is 5.97 Å². The fraction of sp³-hybridized carbons (Fsp3) is 0.500. The van der Waals surface area contributed by atoms with Crippen LogP contribution in [0.2, 0.25) is 0 Å². The third kappa shape index (κ3) is 2.11. The van der Waals surface area contributed by atoms with Gasteiger partial charge < -0.3 is 14.8 Å². The average molecular weight is 275 g/mol. The number of aromatic nitrogens is 3. The molecule has 0 saturated heterocycles. The number of H-pyrrole nitrogens is 1. The number of hydrogen-bond donors (Lipinski definition) is 2. The van der Waals surface area contributed by atoms with E-state index in [4.69, 9.17) is 4.74 Å². The quantitative estimate of drug-likeness (QED) is 0.896. The largest absolute Gasteiger partial charge is 0.481 e. The average Bonchev–Trinajstić information content (AvgIpc) is 3.00. The Balaban J connectivity index is 1.99. The molecule has 0 aromatic carbocycles. The van der Waals surface area contributed by atoms with Gasteiger partial charge in [0.1, 0.15) is 5.82 Å². The zero-order chi connectivity index (χ0) is 14.3. The molecular formula is C14H17N3O3. The zero-order valence-corrected chi connectivity index (χ0v) is 11.5. The molecule has 0 spiro atoms. The van der Waals surface area contributed by atoms with Crippen molar-refractivity contribution in [3.05, 3.63) is 18.0 Å². The van der Waals surface area contributed by atoms with Gasteiger partial charge in [-0.25, -0.2) is 4.98 Å². The molecule has 2 heterocycles. The molecule has 2 aromatic heterocycles. The van der Waals surface area contributed by atoms with Crippen LogP contribution in [-0.2, 0) is 4.79 Å². The molecule has 20 heavy (non-hydrogen) atoms. The van der Waals surface area contributed by atoms with Crippen LogP contribution in [0.25, 0.3) is 11.2 Å². The highest BCUT2D eigenvalue weighted by atomic mass is 16.5. The van der Waals surface area contributed by atoms with E-state index in [0.717, 1.165) is 17.8 Å². The van der Waals surface area contributed by atoms with Gasteiger partial charge in [-0.05, 0) is 24.8 Å². The van der Waals surface area contributed by atoms with E-state index in [1.54, 1.807) is 13.2 Å². The minimum Gasteiger partial charge on any atom is -0.481 e. The van der Waals surface area contributed by atoms with Gasteiger partial charge >= 0.3 is 5.97 Å². The predicted molar refractivity (Wildman–Crippen MR) is 72.7 cm³/mol. The lowest BCUT2D eigenvalue weighted by Gasteiger charge is -2.12. The number of nitrogens with zero attached hydrogens (tertiary/aromatic N) is 2. The minimum absolute atomic E-state index is 0.0669. The van der Waals surface area contributed by atoms with Crippen molar-refractivity contribution in [1.29, 1.82) is 0 Å². The molecule has 1 saturated carbocycles. The first-order valence-corrected chi connectivity index (χ1v) is 6.72. The lowest BCUT2D eigenvalue weighted by atomic mass is 9.96. The Morgan fingerprint density at radius 1 is 1.40 bits per heavy atom. The Labute approximate surface area is 116 Å². The molecule has 1 aliphatic carbocycles. The summed E-state index contributed by atoms with van der Waals surface area (Å²) in [5.41, 5.74) is 1.38. The number of methoxy groups -OCH3 is 1. The number of carboxylic acid groups (broad SMARTS) is 1. The van der Waals surface area contributed by atoms with Gasteiger partial charge in [-0.2, -0.15) is 4.98 Å². The third-order valence-corrected chi connectivity index (χ3v) is 4.01. The maximum absolute atomic E-state index is 11.4. The monoisotopic (exact) mass is 275 g/mol. The molecule has 0 amide bonds. The smallest absolute Gasteiger partial charge is 0.307 e. The molecule has 106 valence electrons. The normalized spacial score (nSPS) is 26.0. The van der Waals surface area contributed by atoms with Gasteiger partial charge in [0.25, 0.3) is 0 Å². The van der Waals surface area contributed by atoms with Gasteiger partial charge in [-0.1, -0.05) is 6.92 Å². The minimum atomic E-state index is -0.745. The van der Waals surface area contributed by atoms with Gasteiger partial charge in [-0.3, -0.25) is 4.79 Å². The molecule has 2 N–H and O–H groups in total. The van der Waals surface area contributed by atoms with Gasteiger partial charge in [0.05, 0.1) is 18.5 Å². The summed E-state index contributed by atoms with van der Waals surface area (Å²) in [7, 11) is 1.56. The molecule has 1 aliphatic rings. The fourth-order valence-electron chi connectivity index (χ4n) is 3.05. The van der Waals surface area contributed by atoms with Gasteiger partial charge in [-0.15, -0.1) is 0 Å². The number of hydrogen-bond acceptors (Lipinski definition) is 4. The highest BCUT2D eigenvalue weighted by molar-refractivity contribution is 5.74. The van der Waals surface area contributed by atoms with Gasteiger partial charge in [0.15, 0.2) is 5.65 Å². The Hall–Kier alpha value is -2.11. The Kier molecular flexibility index (Phi) is 3.08. The van der Waals surface area contributed by atoms with E-state index in [2.05, 4.69) is 21.9 Å². The van der Waals surface area contributed by atoms with E-state index >= 15 is 0 Å². The predicted octanol–water partition coefficient (Wildman–Crippen LogP) is 2.18. The summed E-state index contributed by atoms with van der Waals surface area (Å²) >= 11 is 0. The third-order valence-electron chi connectivity index (χ3n) is 4.01. The first-order chi connectivity index (χ1) is 9.58. The molecule has 2 aromatic rings. The molecule has 3 atom stereocenters. The molecular weight excluding hydrogens is 258 g/mol. The van der Waals surface area contributed by atoms with Crippen molar-refractivity contribution in [2.75, 3.05) is 7.11 Å². The first-order valence-electron chi connectivity index (χ1n) is 6.72. The number of imidazole rings is 1. The van der Waals surface area contributed by atoms with Crippen LogP contribution >= 0.6 is 0 Å². The summed E-state index contributed by atoms with van der Waals surface area (Å²) in [5.74, 6) is 0.444. The number of aromatic amines is 1. The standard InChI is InChI=1S/C14H17N3O3/c1-7-5-8(9(6-7)14(18)19)12-15-10-3-4-11(20-2)16-13(10)17-12/h3-4,7-9H,5-6H2,1-2H3,(H,18,19)(H,15,16,17). The Morgan fingerprint density at radius 3 is 2.90 bits per heavy atom. The maximum atomic E-state index is 11.4. The first kappa shape index (κ1) is 12.9. The van der Waals surface area contributed by atoms with E-state index in [9.17, 15) is 9.90 Å². The summed E-state index contributed by atoms with van der Waals surface area (Å²) in [4.78, 5) is 23.3. The molecule has 0 aliphatic heterocycles. The van der Waals surface area contributed by atoms with Crippen LogP contribution < -0.4 is 4.74 Å². The highest BCUT2D eigenvalue weighted by Crippen LogP contribution is 2.42. The molecule has 3 rings (SSSR count). The zero-order valence-electron chi connectivity index (χ0n) is 11.5. The van der Waals surface area contributed by atoms with Crippen LogP contribution in [0.15, 0.2) is 12.1 Å². The summed E-state index contributed by atoms with van der Waals surface area (Å²) in [5, 5.41) is 9.34. The number of pyridine rings is 1. The maximum Gasteiger partial charge on any atom is 0.307 e. The number of aliphatic carboxylic acids is 1. The van der Waals surface area contributed by atoms with Crippen molar-refractivity contribution < 1.29 is 14.6 Å². The van der Waals surface area contributed by atoms with E-state index in [1.807, 2.05) is 6.07 Å². The van der Waals surface area contributed by atoms with Crippen molar-refractivity contribution in [2.24, 2.45) is 11.8 Å². The van der Waals surface area contributed by atoms with Gasteiger partial charge in [0.2, 0.25) is 5.88 Å².